The highest BCUT2D eigenvalue weighted by molar-refractivity contribution is 5.80. The number of carbonyl (C=O) groups excluding carboxylic acids is 1. The van der Waals surface area contributed by atoms with Gasteiger partial charge >= 0.3 is 0 Å². The summed E-state index contributed by atoms with van der Waals surface area (Å²) in [7, 11) is 0. The molecule has 0 unspecified atom stereocenters. The van der Waals surface area contributed by atoms with Gasteiger partial charge in [-0.2, -0.15) is 0 Å². The smallest absolute Gasteiger partial charge is 0.234 e. The van der Waals surface area contributed by atoms with Crippen LogP contribution in [0.15, 0.2) is 91.0 Å². The molecule has 3 aromatic rings. The first-order chi connectivity index (χ1) is 13.2. The number of rotatable bonds is 5. The fraction of sp³-hybridized carbons (Fsp3) is 0.208. The molecule has 1 saturated heterocycles. The molecule has 2 N–H and O–H groups in total. The predicted molar refractivity (Wildman–Crippen MR) is 108 cm³/mol. The molecule has 1 aliphatic heterocycles. The molecule has 0 aromatic heterocycles. The molecule has 0 spiro atoms. The molecule has 1 heterocycles. The number of primary amides is 1. The van der Waals surface area contributed by atoms with Gasteiger partial charge in [0.05, 0.1) is 11.6 Å². The number of hydrogen-bond acceptors (Lipinski definition) is 2. The van der Waals surface area contributed by atoms with Crippen LogP contribution in [0.5, 0.6) is 0 Å². The van der Waals surface area contributed by atoms with Crippen LogP contribution in [-0.2, 0) is 10.3 Å². The third kappa shape index (κ3) is 2.94. The van der Waals surface area contributed by atoms with E-state index < -0.39 is 5.54 Å². The van der Waals surface area contributed by atoms with Gasteiger partial charge in [0.1, 0.15) is 0 Å². The number of nitrogens with two attached hydrogens (primary N) is 1. The molecule has 1 amide bonds. The predicted octanol–water partition coefficient (Wildman–Crippen LogP) is 3.93. The van der Waals surface area contributed by atoms with E-state index in [1.807, 2.05) is 18.2 Å². The molecule has 3 aromatic carbocycles. The largest absolute Gasteiger partial charge is 0.368 e. The minimum absolute atomic E-state index is 0.250. The Kier molecular flexibility index (Phi) is 4.78. The summed E-state index contributed by atoms with van der Waals surface area (Å²) in [5, 5.41) is 0. The van der Waals surface area contributed by atoms with E-state index in [4.69, 9.17) is 5.73 Å². The molecule has 0 saturated carbocycles. The zero-order valence-electron chi connectivity index (χ0n) is 15.3. The first-order valence-electron chi connectivity index (χ1n) is 9.47. The molecule has 4 rings (SSSR count). The van der Waals surface area contributed by atoms with Gasteiger partial charge in [-0.05, 0) is 29.5 Å². The summed E-state index contributed by atoms with van der Waals surface area (Å²) in [6.07, 6.45) is 1.76. The SMILES string of the molecule is NC(=O)[C@@H]1CCCN1C(c1ccccc1)(c1ccccc1)c1ccccc1. The Morgan fingerprint density at radius 2 is 1.19 bits per heavy atom. The lowest BCUT2D eigenvalue weighted by atomic mass is 9.75. The van der Waals surface area contributed by atoms with Crippen molar-refractivity contribution in [3.05, 3.63) is 108 Å². The van der Waals surface area contributed by atoms with Crippen LogP contribution in [-0.4, -0.2) is 23.4 Å². The van der Waals surface area contributed by atoms with Crippen molar-refractivity contribution >= 4 is 5.91 Å². The van der Waals surface area contributed by atoms with Crippen LogP contribution in [0.4, 0.5) is 0 Å². The summed E-state index contributed by atoms with van der Waals surface area (Å²) in [4.78, 5) is 14.6. The fourth-order valence-electron chi connectivity index (χ4n) is 4.50. The number of hydrogen-bond donors (Lipinski definition) is 1. The third-order valence-electron chi connectivity index (χ3n) is 5.59. The van der Waals surface area contributed by atoms with Gasteiger partial charge in [-0.3, -0.25) is 9.69 Å². The molecule has 3 nitrogen and oxygen atoms in total. The lowest BCUT2D eigenvalue weighted by molar-refractivity contribution is -0.123. The van der Waals surface area contributed by atoms with Crippen molar-refractivity contribution in [2.75, 3.05) is 6.54 Å². The van der Waals surface area contributed by atoms with Crippen LogP contribution < -0.4 is 5.73 Å². The number of nitrogens with zero attached hydrogens (tertiary/aromatic N) is 1. The quantitative estimate of drug-likeness (QED) is 0.704. The molecule has 1 atom stereocenters. The van der Waals surface area contributed by atoms with Gasteiger partial charge in [-0.15, -0.1) is 0 Å². The fourth-order valence-corrected chi connectivity index (χ4v) is 4.50. The van der Waals surface area contributed by atoms with E-state index >= 15 is 0 Å². The van der Waals surface area contributed by atoms with Crippen molar-refractivity contribution in [2.45, 2.75) is 24.4 Å². The molecule has 136 valence electrons. The van der Waals surface area contributed by atoms with Crippen molar-refractivity contribution in [1.29, 1.82) is 0 Å². The second kappa shape index (κ2) is 7.37. The molecular formula is C24H24N2O. The molecule has 27 heavy (non-hydrogen) atoms. The zero-order valence-corrected chi connectivity index (χ0v) is 15.3. The summed E-state index contributed by atoms with van der Waals surface area (Å²) in [5.74, 6) is -0.250. The maximum atomic E-state index is 12.3. The van der Waals surface area contributed by atoms with Crippen molar-refractivity contribution in [1.82, 2.24) is 4.90 Å². The van der Waals surface area contributed by atoms with E-state index in [0.717, 1.165) is 36.1 Å². The van der Waals surface area contributed by atoms with Crippen molar-refractivity contribution in [2.24, 2.45) is 5.73 Å². The minimum Gasteiger partial charge on any atom is -0.368 e. The highest BCUT2D eigenvalue weighted by atomic mass is 16.1. The number of likely N-dealkylation sites (tertiary alicyclic amines) is 1. The number of amides is 1. The summed E-state index contributed by atoms with van der Waals surface area (Å²) >= 11 is 0. The summed E-state index contributed by atoms with van der Waals surface area (Å²) in [5.41, 5.74) is 8.73. The average Bonchev–Trinajstić information content (AvgIpc) is 3.22. The lowest BCUT2D eigenvalue weighted by Gasteiger charge is -2.46. The number of carbonyl (C=O) groups is 1. The van der Waals surface area contributed by atoms with Crippen LogP contribution in [0.2, 0.25) is 0 Å². The lowest BCUT2D eigenvalue weighted by Crippen LogP contribution is -2.54. The minimum atomic E-state index is -0.556. The van der Waals surface area contributed by atoms with Crippen LogP contribution in [0.25, 0.3) is 0 Å². The van der Waals surface area contributed by atoms with Crippen molar-refractivity contribution in [3.8, 4) is 0 Å². The first-order valence-corrected chi connectivity index (χ1v) is 9.47. The third-order valence-corrected chi connectivity index (χ3v) is 5.59. The van der Waals surface area contributed by atoms with Crippen LogP contribution in [0.3, 0.4) is 0 Å². The Hall–Kier alpha value is -2.91. The van der Waals surface area contributed by atoms with Crippen LogP contribution in [0, 0.1) is 0 Å². The highest BCUT2D eigenvalue weighted by Crippen LogP contribution is 2.45. The van der Waals surface area contributed by atoms with Gasteiger partial charge < -0.3 is 5.73 Å². The summed E-state index contributed by atoms with van der Waals surface area (Å²) in [6.45, 7) is 0.826. The Morgan fingerprint density at radius 1 is 0.778 bits per heavy atom. The van der Waals surface area contributed by atoms with Gasteiger partial charge in [0.2, 0.25) is 5.91 Å². The monoisotopic (exact) mass is 356 g/mol. The Balaban J connectivity index is 2.05. The van der Waals surface area contributed by atoms with E-state index in [1.165, 1.54) is 0 Å². The Bertz CT molecular complexity index is 797. The molecule has 0 bridgehead atoms. The zero-order chi connectivity index (χ0) is 18.7. The molecule has 0 aliphatic carbocycles. The van der Waals surface area contributed by atoms with Crippen LogP contribution >= 0.6 is 0 Å². The van der Waals surface area contributed by atoms with Crippen LogP contribution in [0.1, 0.15) is 29.5 Å². The second-order valence-electron chi connectivity index (χ2n) is 7.06. The van der Waals surface area contributed by atoms with Gasteiger partial charge in [0.25, 0.3) is 0 Å². The van der Waals surface area contributed by atoms with Gasteiger partial charge in [0, 0.05) is 6.54 Å². The van der Waals surface area contributed by atoms with Crippen molar-refractivity contribution in [3.63, 3.8) is 0 Å². The molecule has 0 radical (unpaired) electrons. The Morgan fingerprint density at radius 3 is 1.56 bits per heavy atom. The standard InChI is InChI=1S/C24H24N2O/c25-23(27)22-17-10-18-26(22)24(19-11-4-1-5-12-19,20-13-6-2-7-14-20)21-15-8-3-9-16-21/h1-9,11-16,22H,10,17-18H2,(H2,25,27)/t22-/m0/s1. The molecular weight excluding hydrogens is 332 g/mol. The van der Waals surface area contributed by atoms with Gasteiger partial charge in [0.15, 0.2) is 0 Å². The van der Waals surface area contributed by atoms with Gasteiger partial charge in [-0.1, -0.05) is 91.0 Å². The number of benzene rings is 3. The maximum Gasteiger partial charge on any atom is 0.234 e. The van der Waals surface area contributed by atoms with Crippen molar-refractivity contribution < 1.29 is 4.79 Å². The van der Waals surface area contributed by atoms with E-state index in [0.29, 0.717) is 0 Å². The normalized spacial score (nSPS) is 17.7. The van der Waals surface area contributed by atoms with E-state index in [9.17, 15) is 4.79 Å². The summed E-state index contributed by atoms with van der Waals surface area (Å²) in [6, 6.07) is 31.1. The molecule has 1 aliphatic rings. The molecule has 3 heteroatoms. The summed E-state index contributed by atoms with van der Waals surface area (Å²) < 4.78 is 0. The van der Waals surface area contributed by atoms with Gasteiger partial charge in [-0.25, -0.2) is 0 Å². The molecule has 1 fully saturated rings. The van der Waals surface area contributed by atoms with E-state index in [1.54, 1.807) is 0 Å². The average molecular weight is 356 g/mol. The second-order valence-corrected chi connectivity index (χ2v) is 7.06. The first kappa shape index (κ1) is 17.5. The Labute approximate surface area is 160 Å². The maximum absolute atomic E-state index is 12.3. The van der Waals surface area contributed by atoms with E-state index in [-0.39, 0.29) is 11.9 Å². The van der Waals surface area contributed by atoms with E-state index in [2.05, 4.69) is 77.7 Å². The topological polar surface area (TPSA) is 46.3 Å². The highest BCUT2D eigenvalue weighted by Gasteiger charge is 2.48.